The Labute approximate surface area is 192 Å². The molecule has 0 saturated carbocycles. The SMILES string of the molecule is COC(=O)[C@@]1(C)CCCN1N(Cc1c(Cl)cc(O)cc1Cl)C(=O)CC(=O)OCC(C)C. The van der Waals surface area contributed by atoms with Gasteiger partial charge in [0.15, 0.2) is 0 Å². The van der Waals surface area contributed by atoms with Crippen molar-refractivity contribution in [1.82, 2.24) is 10.0 Å². The zero-order chi connectivity index (χ0) is 23.3. The molecule has 0 aromatic heterocycles. The van der Waals surface area contributed by atoms with Gasteiger partial charge in [-0.3, -0.25) is 14.6 Å². The fraction of sp³-hybridized carbons (Fsp3) is 0.571. The van der Waals surface area contributed by atoms with Crippen LogP contribution < -0.4 is 0 Å². The summed E-state index contributed by atoms with van der Waals surface area (Å²) in [5, 5.41) is 12.9. The number of methoxy groups -OCH3 is 1. The maximum atomic E-state index is 13.2. The lowest BCUT2D eigenvalue weighted by atomic mass is 10.0. The van der Waals surface area contributed by atoms with Crippen molar-refractivity contribution in [2.75, 3.05) is 20.3 Å². The van der Waals surface area contributed by atoms with Crippen LogP contribution in [0.25, 0.3) is 0 Å². The van der Waals surface area contributed by atoms with Gasteiger partial charge in [0.1, 0.15) is 17.7 Å². The van der Waals surface area contributed by atoms with Crippen LogP contribution in [0, 0.1) is 5.92 Å². The van der Waals surface area contributed by atoms with Gasteiger partial charge in [0.05, 0.1) is 30.3 Å². The van der Waals surface area contributed by atoms with Gasteiger partial charge in [0.25, 0.3) is 0 Å². The third kappa shape index (κ3) is 6.02. The van der Waals surface area contributed by atoms with Gasteiger partial charge in [-0.05, 0) is 37.8 Å². The molecule has 1 aliphatic heterocycles. The number of benzene rings is 1. The van der Waals surface area contributed by atoms with Gasteiger partial charge in [-0.25, -0.2) is 9.80 Å². The fourth-order valence-corrected chi connectivity index (χ4v) is 4.08. The molecule has 8 nitrogen and oxygen atoms in total. The zero-order valence-corrected chi connectivity index (χ0v) is 19.6. The van der Waals surface area contributed by atoms with Crippen LogP contribution >= 0.6 is 23.2 Å². The van der Waals surface area contributed by atoms with Crippen molar-refractivity contribution < 1.29 is 29.0 Å². The highest BCUT2D eigenvalue weighted by molar-refractivity contribution is 6.36. The standard InChI is InChI=1S/C21H28Cl2N2O6/c1-13(2)12-31-19(28)10-18(27)24(11-15-16(22)8-14(26)9-17(15)23)25-7-5-6-21(25,3)20(29)30-4/h8-9,13,26H,5-7,10-12H2,1-4H3/t21-/m1/s1. The number of rotatable bonds is 8. The van der Waals surface area contributed by atoms with Crippen LogP contribution in [-0.2, 0) is 30.4 Å². The number of aromatic hydroxyl groups is 1. The highest BCUT2D eigenvalue weighted by Gasteiger charge is 2.48. The summed E-state index contributed by atoms with van der Waals surface area (Å²) in [5.41, 5.74) is -0.716. The van der Waals surface area contributed by atoms with Crippen molar-refractivity contribution in [3.05, 3.63) is 27.7 Å². The van der Waals surface area contributed by atoms with Gasteiger partial charge in [0.2, 0.25) is 5.91 Å². The molecule has 1 heterocycles. The number of carbonyl (C=O) groups is 3. The van der Waals surface area contributed by atoms with E-state index in [4.69, 9.17) is 32.7 Å². The normalized spacial score (nSPS) is 18.8. The molecule has 1 saturated heterocycles. The molecule has 0 aliphatic carbocycles. The molecule has 0 unspecified atom stereocenters. The number of hydrazine groups is 1. The zero-order valence-electron chi connectivity index (χ0n) is 18.1. The maximum Gasteiger partial charge on any atom is 0.327 e. The first-order chi connectivity index (χ1) is 14.5. The third-order valence-corrected chi connectivity index (χ3v) is 5.79. The van der Waals surface area contributed by atoms with Crippen LogP contribution in [-0.4, -0.2) is 58.8 Å². The molecule has 1 amide bonds. The van der Waals surface area contributed by atoms with E-state index in [1.165, 1.54) is 24.3 Å². The Balaban J connectivity index is 2.37. The Morgan fingerprint density at radius 3 is 2.42 bits per heavy atom. The van der Waals surface area contributed by atoms with Gasteiger partial charge in [-0.15, -0.1) is 0 Å². The number of carbonyl (C=O) groups excluding carboxylic acids is 3. The van der Waals surface area contributed by atoms with Crippen molar-refractivity contribution in [1.29, 1.82) is 0 Å². The van der Waals surface area contributed by atoms with E-state index in [2.05, 4.69) is 0 Å². The van der Waals surface area contributed by atoms with Crippen molar-refractivity contribution >= 4 is 41.0 Å². The van der Waals surface area contributed by atoms with Gasteiger partial charge < -0.3 is 14.6 Å². The lowest BCUT2D eigenvalue weighted by Gasteiger charge is -2.41. The number of hydrogen-bond acceptors (Lipinski definition) is 7. The van der Waals surface area contributed by atoms with E-state index in [0.717, 1.165) is 0 Å². The highest BCUT2D eigenvalue weighted by Crippen LogP contribution is 2.36. The van der Waals surface area contributed by atoms with Crippen molar-refractivity contribution in [3.63, 3.8) is 0 Å². The summed E-state index contributed by atoms with van der Waals surface area (Å²) in [6, 6.07) is 2.62. The van der Waals surface area contributed by atoms with Crippen molar-refractivity contribution in [2.45, 2.75) is 52.1 Å². The first-order valence-electron chi connectivity index (χ1n) is 9.98. The molecule has 2 rings (SSSR count). The Kier molecular flexibility index (Phi) is 8.57. The summed E-state index contributed by atoms with van der Waals surface area (Å²) in [6.07, 6.45) is 0.607. The smallest absolute Gasteiger partial charge is 0.327 e. The number of phenolic OH excluding ortho intramolecular Hbond substituents is 1. The molecular weight excluding hydrogens is 447 g/mol. The number of nitrogens with zero attached hydrogens (tertiary/aromatic N) is 2. The van der Waals surface area contributed by atoms with Crippen LogP contribution in [0.2, 0.25) is 10.0 Å². The van der Waals surface area contributed by atoms with Gasteiger partial charge in [-0.1, -0.05) is 37.0 Å². The van der Waals surface area contributed by atoms with Gasteiger partial charge in [0, 0.05) is 12.1 Å². The lowest BCUT2D eigenvalue weighted by molar-refractivity contribution is -0.176. The minimum absolute atomic E-state index is 0.0964. The van der Waals surface area contributed by atoms with Crippen LogP contribution in [0.4, 0.5) is 0 Å². The first kappa shape index (κ1) is 25.2. The number of phenols is 1. The first-order valence-corrected chi connectivity index (χ1v) is 10.7. The second-order valence-electron chi connectivity index (χ2n) is 8.09. The van der Waals surface area contributed by atoms with E-state index in [-0.39, 0.29) is 34.9 Å². The summed E-state index contributed by atoms with van der Waals surface area (Å²) in [4.78, 5) is 37.9. The van der Waals surface area contributed by atoms with E-state index < -0.39 is 29.8 Å². The molecule has 1 fully saturated rings. The van der Waals surface area contributed by atoms with E-state index in [1.807, 2.05) is 13.8 Å². The molecule has 31 heavy (non-hydrogen) atoms. The van der Waals surface area contributed by atoms with E-state index in [9.17, 15) is 19.5 Å². The molecule has 1 aromatic rings. The molecule has 0 radical (unpaired) electrons. The van der Waals surface area contributed by atoms with E-state index in [1.54, 1.807) is 11.9 Å². The Hall–Kier alpha value is -2.03. The molecule has 1 N–H and O–H groups in total. The average Bonchev–Trinajstić information content (AvgIpc) is 3.07. The molecule has 10 heteroatoms. The summed E-state index contributed by atoms with van der Waals surface area (Å²) < 4.78 is 10.1. The summed E-state index contributed by atoms with van der Waals surface area (Å²) >= 11 is 12.5. The van der Waals surface area contributed by atoms with Gasteiger partial charge in [-0.2, -0.15) is 0 Å². The average molecular weight is 475 g/mol. The molecular formula is C21H28Cl2N2O6. The lowest BCUT2D eigenvalue weighted by Crippen LogP contribution is -2.58. The molecule has 1 aromatic carbocycles. The van der Waals surface area contributed by atoms with E-state index in [0.29, 0.717) is 24.9 Å². The minimum Gasteiger partial charge on any atom is -0.508 e. The topological polar surface area (TPSA) is 96.4 Å². The third-order valence-electron chi connectivity index (χ3n) is 5.11. The van der Waals surface area contributed by atoms with Crippen LogP contribution in [0.5, 0.6) is 5.75 Å². The Morgan fingerprint density at radius 1 is 1.26 bits per heavy atom. The summed E-state index contributed by atoms with van der Waals surface area (Å²) in [5.74, 6) is -1.70. The Bertz CT molecular complexity index is 824. The number of esters is 2. The van der Waals surface area contributed by atoms with Crippen molar-refractivity contribution in [2.24, 2.45) is 5.92 Å². The number of ether oxygens (including phenoxy) is 2. The number of halogens is 2. The van der Waals surface area contributed by atoms with E-state index >= 15 is 0 Å². The van der Waals surface area contributed by atoms with Crippen LogP contribution in [0.1, 0.15) is 45.6 Å². The Morgan fingerprint density at radius 2 is 1.87 bits per heavy atom. The second-order valence-corrected chi connectivity index (χ2v) is 8.90. The summed E-state index contributed by atoms with van der Waals surface area (Å²) in [6.45, 7) is 5.96. The van der Waals surface area contributed by atoms with Gasteiger partial charge >= 0.3 is 11.9 Å². The largest absolute Gasteiger partial charge is 0.508 e. The molecule has 1 atom stereocenters. The number of amides is 1. The monoisotopic (exact) mass is 474 g/mol. The predicted octanol–water partition coefficient (Wildman–Crippen LogP) is 3.56. The van der Waals surface area contributed by atoms with Crippen LogP contribution in [0.15, 0.2) is 12.1 Å². The molecule has 172 valence electrons. The molecule has 1 aliphatic rings. The molecule has 0 bridgehead atoms. The maximum absolute atomic E-state index is 13.2. The number of hydrogen-bond donors (Lipinski definition) is 1. The fourth-order valence-electron chi connectivity index (χ4n) is 3.49. The highest BCUT2D eigenvalue weighted by atomic mass is 35.5. The quantitative estimate of drug-likeness (QED) is 0.454. The second kappa shape index (κ2) is 10.5. The summed E-state index contributed by atoms with van der Waals surface area (Å²) in [7, 11) is 1.28. The molecule has 0 spiro atoms. The van der Waals surface area contributed by atoms with Crippen LogP contribution in [0.3, 0.4) is 0 Å². The predicted molar refractivity (Wildman–Crippen MR) is 115 cm³/mol. The minimum atomic E-state index is -1.10. The van der Waals surface area contributed by atoms with Crippen molar-refractivity contribution in [3.8, 4) is 5.75 Å².